The molecule has 6 rings (SSSR count). The third-order valence-electron chi connectivity index (χ3n) is 7.26. The fraction of sp³-hybridized carbons (Fsp3) is 0.310. The Kier molecular flexibility index (Phi) is 7.02. The molecule has 1 aromatic carbocycles. The van der Waals surface area contributed by atoms with Crippen LogP contribution in [0, 0.1) is 0 Å². The number of nitrogens with zero attached hydrogens (tertiary/aromatic N) is 5. The number of hydrogen-bond acceptors (Lipinski definition) is 9. The molecule has 1 amide bonds. The van der Waals surface area contributed by atoms with Crippen LogP contribution < -0.4 is 25.2 Å². The molecule has 0 unspecified atom stereocenters. The van der Waals surface area contributed by atoms with Crippen LogP contribution in [0.3, 0.4) is 0 Å². The van der Waals surface area contributed by atoms with Crippen molar-refractivity contribution in [2.75, 3.05) is 47.2 Å². The fourth-order valence-corrected chi connectivity index (χ4v) is 6.20. The van der Waals surface area contributed by atoms with E-state index in [1.807, 2.05) is 35.6 Å². The number of amides is 1. The number of pyridine rings is 1. The van der Waals surface area contributed by atoms with Gasteiger partial charge < -0.3 is 25.2 Å². The van der Waals surface area contributed by atoms with Gasteiger partial charge in [0.15, 0.2) is 5.65 Å². The number of carbonyl (C=O) groups is 1. The maximum atomic E-state index is 12.3. The number of hydrogen-bond donors (Lipinski definition) is 2. The van der Waals surface area contributed by atoms with E-state index < -0.39 is 0 Å². The first-order valence-corrected chi connectivity index (χ1v) is 14.1. The van der Waals surface area contributed by atoms with E-state index in [2.05, 4.69) is 43.4 Å². The van der Waals surface area contributed by atoms with Crippen LogP contribution in [-0.2, 0) is 17.8 Å². The zero-order valence-corrected chi connectivity index (χ0v) is 22.8. The van der Waals surface area contributed by atoms with Gasteiger partial charge in [0, 0.05) is 43.3 Å². The van der Waals surface area contributed by atoms with Crippen molar-refractivity contribution < 1.29 is 9.53 Å². The molecule has 0 atom stereocenters. The SMILES string of the molecule is C=CC(=O)Nc1cc(Nc2nc(N3CCc4sccc4C3)c3cccnc3n2)c(OC)cc1N1CCCCC1. The molecular weight excluding hydrogens is 510 g/mol. The molecule has 0 bridgehead atoms. The normalized spacial score (nSPS) is 15.1. The first-order chi connectivity index (χ1) is 19.1. The standard InChI is InChI=1S/C29H31N7O2S/c1-3-26(37)31-21-16-22(24(38-2)17-23(21)35-12-5-4-6-13-35)32-29-33-27-20(8-7-11-30-27)28(34-29)36-14-9-25-19(18-36)10-15-39-25/h3,7-8,10-11,15-17H,1,4-6,9,12-14,18H2,2H3,(H,31,37)(H,30,32,33,34). The van der Waals surface area contributed by atoms with Crippen molar-refractivity contribution in [1.82, 2.24) is 15.0 Å². The van der Waals surface area contributed by atoms with Crippen molar-refractivity contribution in [1.29, 1.82) is 0 Å². The summed E-state index contributed by atoms with van der Waals surface area (Å²) >= 11 is 1.82. The predicted molar refractivity (Wildman–Crippen MR) is 158 cm³/mol. The van der Waals surface area contributed by atoms with Crippen LogP contribution in [0.15, 0.2) is 54.6 Å². The third kappa shape index (κ3) is 5.12. The number of thiophene rings is 1. The Morgan fingerprint density at radius 1 is 1.10 bits per heavy atom. The maximum Gasteiger partial charge on any atom is 0.247 e. The van der Waals surface area contributed by atoms with Crippen LogP contribution in [-0.4, -0.2) is 47.6 Å². The molecule has 0 radical (unpaired) electrons. The van der Waals surface area contributed by atoms with E-state index in [0.29, 0.717) is 28.7 Å². The molecule has 5 heterocycles. The molecule has 3 aromatic heterocycles. The van der Waals surface area contributed by atoms with E-state index in [0.717, 1.165) is 62.3 Å². The minimum absolute atomic E-state index is 0.268. The van der Waals surface area contributed by atoms with Crippen LogP contribution >= 0.6 is 11.3 Å². The summed E-state index contributed by atoms with van der Waals surface area (Å²) in [6.07, 6.45) is 7.44. The molecule has 0 spiro atoms. The predicted octanol–water partition coefficient (Wildman–Crippen LogP) is 5.52. The van der Waals surface area contributed by atoms with E-state index in [1.165, 1.54) is 22.9 Å². The van der Waals surface area contributed by atoms with Gasteiger partial charge in [-0.05, 0) is 67.0 Å². The van der Waals surface area contributed by atoms with Crippen molar-refractivity contribution in [2.24, 2.45) is 0 Å². The Morgan fingerprint density at radius 3 is 2.79 bits per heavy atom. The average molecular weight is 542 g/mol. The zero-order chi connectivity index (χ0) is 26.8. The minimum atomic E-state index is -0.268. The second kappa shape index (κ2) is 10.9. The molecule has 2 aliphatic rings. The van der Waals surface area contributed by atoms with Crippen molar-refractivity contribution >= 4 is 57.1 Å². The van der Waals surface area contributed by atoms with Gasteiger partial charge in [0.25, 0.3) is 0 Å². The lowest BCUT2D eigenvalue weighted by Gasteiger charge is -2.31. The molecule has 2 N–H and O–H groups in total. The lowest BCUT2D eigenvalue weighted by atomic mass is 10.1. The van der Waals surface area contributed by atoms with E-state index in [1.54, 1.807) is 13.3 Å². The summed E-state index contributed by atoms with van der Waals surface area (Å²) in [5.74, 6) is 1.63. The largest absolute Gasteiger partial charge is 0.494 e. The highest BCUT2D eigenvalue weighted by molar-refractivity contribution is 7.10. The van der Waals surface area contributed by atoms with Crippen molar-refractivity contribution in [3.05, 3.63) is 65.0 Å². The molecule has 1 fully saturated rings. The van der Waals surface area contributed by atoms with Gasteiger partial charge in [0.05, 0.1) is 29.6 Å². The number of fused-ring (bicyclic) bond motifs is 2. The quantitative estimate of drug-likeness (QED) is 0.296. The highest BCUT2D eigenvalue weighted by Crippen LogP contribution is 2.40. The Balaban J connectivity index is 1.39. The smallest absolute Gasteiger partial charge is 0.247 e. The molecule has 39 heavy (non-hydrogen) atoms. The van der Waals surface area contributed by atoms with Gasteiger partial charge >= 0.3 is 0 Å². The Hall–Kier alpha value is -4.18. The minimum Gasteiger partial charge on any atom is -0.494 e. The molecule has 10 heteroatoms. The summed E-state index contributed by atoms with van der Waals surface area (Å²) in [4.78, 5) is 32.6. The molecule has 0 saturated carbocycles. The summed E-state index contributed by atoms with van der Waals surface area (Å²) < 4.78 is 5.80. The highest BCUT2D eigenvalue weighted by Gasteiger charge is 2.23. The van der Waals surface area contributed by atoms with Crippen molar-refractivity contribution in [3.63, 3.8) is 0 Å². The summed E-state index contributed by atoms with van der Waals surface area (Å²) in [6.45, 7) is 7.15. The van der Waals surface area contributed by atoms with Crippen LogP contribution in [0.1, 0.15) is 29.7 Å². The zero-order valence-electron chi connectivity index (χ0n) is 21.9. The number of anilines is 5. The summed E-state index contributed by atoms with van der Waals surface area (Å²) in [5.41, 5.74) is 4.22. The van der Waals surface area contributed by atoms with Crippen LogP contribution in [0.4, 0.5) is 28.8 Å². The molecule has 2 aliphatic heterocycles. The molecule has 200 valence electrons. The monoisotopic (exact) mass is 541 g/mol. The number of benzene rings is 1. The second-order valence-corrected chi connectivity index (χ2v) is 10.7. The van der Waals surface area contributed by atoms with E-state index in [4.69, 9.17) is 14.7 Å². The molecule has 0 aliphatic carbocycles. The van der Waals surface area contributed by atoms with E-state index >= 15 is 0 Å². The van der Waals surface area contributed by atoms with Gasteiger partial charge in [0.2, 0.25) is 11.9 Å². The van der Waals surface area contributed by atoms with Crippen molar-refractivity contribution in [2.45, 2.75) is 32.2 Å². The number of ether oxygens (including phenoxy) is 1. The van der Waals surface area contributed by atoms with E-state index in [9.17, 15) is 4.79 Å². The van der Waals surface area contributed by atoms with E-state index in [-0.39, 0.29) is 5.91 Å². The highest BCUT2D eigenvalue weighted by atomic mass is 32.1. The number of nitrogens with one attached hydrogen (secondary N) is 2. The lowest BCUT2D eigenvalue weighted by molar-refractivity contribution is -0.111. The van der Waals surface area contributed by atoms with Gasteiger partial charge in [-0.3, -0.25) is 4.79 Å². The number of carbonyl (C=O) groups excluding carboxylic acids is 1. The lowest BCUT2D eigenvalue weighted by Crippen LogP contribution is -2.30. The Labute approximate surface area is 231 Å². The summed E-state index contributed by atoms with van der Waals surface area (Å²) in [7, 11) is 1.64. The molecule has 9 nitrogen and oxygen atoms in total. The van der Waals surface area contributed by atoms with Gasteiger partial charge in [-0.15, -0.1) is 11.3 Å². The fourth-order valence-electron chi connectivity index (χ4n) is 5.31. The third-order valence-corrected chi connectivity index (χ3v) is 8.29. The number of methoxy groups -OCH3 is 1. The first-order valence-electron chi connectivity index (χ1n) is 13.2. The Bertz CT molecular complexity index is 1530. The number of rotatable bonds is 7. The van der Waals surface area contributed by atoms with Gasteiger partial charge in [-0.2, -0.15) is 9.97 Å². The van der Waals surface area contributed by atoms with Gasteiger partial charge in [0.1, 0.15) is 11.6 Å². The first kappa shape index (κ1) is 25.1. The summed E-state index contributed by atoms with van der Waals surface area (Å²) in [6, 6.07) is 9.98. The second-order valence-electron chi connectivity index (χ2n) is 9.72. The van der Waals surface area contributed by atoms with Crippen molar-refractivity contribution in [3.8, 4) is 5.75 Å². The average Bonchev–Trinajstić information content (AvgIpc) is 3.45. The van der Waals surface area contributed by atoms with Gasteiger partial charge in [-0.1, -0.05) is 6.58 Å². The molecular formula is C29H31N7O2S. The Morgan fingerprint density at radius 2 is 1.97 bits per heavy atom. The molecule has 1 saturated heterocycles. The number of aromatic nitrogens is 3. The number of piperidine rings is 1. The maximum absolute atomic E-state index is 12.3. The summed E-state index contributed by atoms with van der Waals surface area (Å²) in [5, 5.41) is 9.41. The molecule has 4 aromatic rings. The van der Waals surface area contributed by atoms with Crippen LogP contribution in [0.25, 0.3) is 11.0 Å². The van der Waals surface area contributed by atoms with Crippen LogP contribution in [0.2, 0.25) is 0 Å². The van der Waals surface area contributed by atoms with Gasteiger partial charge in [-0.25, -0.2) is 4.98 Å². The van der Waals surface area contributed by atoms with Crippen LogP contribution in [0.5, 0.6) is 5.75 Å². The topological polar surface area (TPSA) is 95.5 Å².